The van der Waals surface area contributed by atoms with E-state index in [4.69, 9.17) is 5.11 Å². The Morgan fingerprint density at radius 2 is 2.19 bits per heavy atom. The highest BCUT2D eigenvalue weighted by molar-refractivity contribution is 6.13. The Kier molecular flexibility index (Phi) is 1.71. The van der Waals surface area contributed by atoms with Gasteiger partial charge in [-0.3, -0.25) is 4.98 Å². The Bertz CT molecular complexity index is 700. The lowest BCUT2D eigenvalue weighted by atomic mass is 10.1. The van der Waals surface area contributed by atoms with Gasteiger partial charge >= 0.3 is 5.97 Å². The number of fused-ring (bicyclic) bond motifs is 3. The molecular formula is C12H8N2O2. The molecule has 0 bridgehead atoms. The van der Waals surface area contributed by atoms with Gasteiger partial charge in [0.2, 0.25) is 0 Å². The molecule has 0 unspecified atom stereocenters. The van der Waals surface area contributed by atoms with Crippen LogP contribution in [-0.4, -0.2) is 21.0 Å². The summed E-state index contributed by atoms with van der Waals surface area (Å²) in [4.78, 5) is 18.3. The largest absolute Gasteiger partial charge is 0.478 e. The van der Waals surface area contributed by atoms with Crippen LogP contribution in [0.3, 0.4) is 0 Å². The summed E-state index contributed by atoms with van der Waals surface area (Å²) in [6, 6.07) is 7.16. The molecule has 78 valence electrons. The van der Waals surface area contributed by atoms with Crippen molar-refractivity contribution in [1.82, 2.24) is 9.97 Å². The predicted octanol–water partition coefficient (Wildman–Crippen LogP) is 2.41. The van der Waals surface area contributed by atoms with E-state index < -0.39 is 5.97 Å². The number of H-pyrrole nitrogens is 1. The lowest BCUT2D eigenvalue weighted by molar-refractivity contribution is 0.0699. The molecule has 0 amide bonds. The second-order valence-corrected chi connectivity index (χ2v) is 3.57. The number of aromatic carboxylic acids is 1. The molecule has 0 aliphatic heterocycles. The first-order chi connectivity index (χ1) is 7.77. The molecule has 4 nitrogen and oxygen atoms in total. The standard InChI is InChI=1S/C12H8N2O2/c15-12(16)9-6-10-8(2-1-4-13-10)11-7(9)3-5-14-11/h1-6,13H,(H,15,16). The zero-order valence-corrected chi connectivity index (χ0v) is 8.27. The van der Waals surface area contributed by atoms with Gasteiger partial charge in [0.25, 0.3) is 0 Å². The van der Waals surface area contributed by atoms with E-state index in [1.165, 1.54) is 0 Å². The molecule has 2 heterocycles. The first kappa shape index (κ1) is 8.91. The van der Waals surface area contributed by atoms with Crippen molar-refractivity contribution >= 4 is 27.8 Å². The van der Waals surface area contributed by atoms with E-state index in [0.717, 1.165) is 16.4 Å². The van der Waals surface area contributed by atoms with E-state index in [0.29, 0.717) is 5.39 Å². The lowest BCUT2D eigenvalue weighted by Gasteiger charge is -2.02. The van der Waals surface area contributed by atoms with E-state index in [1.54, 1.807) is 24.5 Å². The van der Waals surface area contributed by atoms with Crippen molar-refractivity contribution in [3.05, 3.63) is 42.2 Å². The highest BCUT2D eigenvalue weighted by Gasteiger charge is 2.12. The summed E-state index contributed by atoms with van der Waals surface area (Å²) in [6.45, 7) is 0. The molecule has 1 aromatic carbocycles. The van der Waals surface area contributed by atoms with Gasteiger partial charge in [-0.2, -0.15) is 0 Å². The van der Waals surface area contributed by atoms with E-state index >= 15 is 0 Å². The molecule has 0 spiro atoms. The molecule has 0 saturated heterocycles. The van der Waals surface area contributed by atoms with Crippen LogP contribution in [0.5, 0.6) is 0 Å². The van der Waals surface area contributed by atoms with Gasteiger partial charge in [0.05, 0.1) is 11.1 Å². The maximum absolute atomic E-state index is 11.1. The van der Waals surface area contributed by atoms with Crippen LogP contribution in [0.4, 0.5) is 0 Å². The minimum absolute atomic E-state index is 0.280. The van der Waals surface area contributed by atoms with Crippen molar-refractivity contribution in [2.24, 2.45) is 0 Å². The molecule has 0 aliphatic carbocycles. The van der Waals surface area contributed by atoms with Crippen molar-refractivity contribution in [2.45, 2.75) is 0 Å². The molecule has 0 fully saturated rings. The number of carboxylic acids is 1. The fourth-order valence-corrected chi connectivity index (χ4v) is 1.94. The average Bonchev–Trinajstić information content (AvgIpc) is 2.76. The Morgan fingerprint density at radius 1 is 1.31 bits per heavy atom. The highest BCUT2D eigenvalue weighted by Crippen LogP contribution is 2.26. The summed E-state index contributed by atoms with van der Waals surface area (Å²) in [6.07, 6.45) is 3.40. The number of hydrogen-bond acceptors (Lipinski definition) is 2. The van der Waals surface area contributed by atoms with Crippen molar-refractivity contribution in [2.75, 3.05) is 0 Å². The number of aromatic nitrogens is 2. The number of benzene rings is 1. The third-order valence-corrected chi connectivity index (χ3v) is 2.65. The van der Waals surface area contributed by atoms with E-state index in [-0.39, 0.29) is 5.56 Å². The molecule has 2 aromatic heterocycles. The predicted molar refractivity (Wildman–Crippen MR) is 60.6 cm³/mol. The zero-order valence-electron chi connectivity index (χ0n) is 8.27. The molecular weight excluding hydrogens is 204 g/mol. The van der Waals surface area contributed by atoms with Gasteiger partial charge in [-0.1, -0.05) is 0 Å². The van der Waals surface area contributed by atoms with Crippen LogP contribution < -0.4 is 0 Å². The molecule has 3 rings (SSSR count). The highest BCUT2D eigenvalue weighted by atomic mass is 16.4. The first-order valence-corrected chi connectivity index (χ1v) is 4.85. The van der Waals surface area contributed by atoms with Crippen molar-refractivity contribution in [3.63, 3.8) is 0 Å². The number of nitrogens with one attached hydrogen (secondary N) is 1. The molecule has 3 aromatic rings. The fourth-order valence-electron chi connectivity index (χ4n) is 1.94. The third kappa shape index (κ3) is 1.10. The fraction of sp³-hybridized carbons (Fsp3) is 0. The Hall–Kier alpha value is -2.36. The number of nitrogens with zero attached hydrogens (tertiary/aromatic N) is 1. The molecule has 4 heteroatoms. The normalized spacial score (nSPS) is 11.0. The number of aromatic amines is 1. The van der Waals surface area contributed by atoms with Gasteiger partial charge < -0.3 is 10.1 Å². The van der Waals surface area contributed by atoms with Crippen LogP contribution in [0, 0.1) is 0 Å². The van der Waals surface area contributed by atoms with Gasteiger partial charge in [-0.15, -0.1) is 0 Å². The molecule has 16 heavy (non-hydrogen) atoms. The van der Waals surface area contributed by atoms with Gasteiger partial charge in [0.1, 0.15) is 0 Å². The van der Waals surface area contributed by atoms with Crippen molar-refractivity contribution in [1.29, 1.82) is 0 Å². The van der Waals surface area contributed by atoms with Gasteiger partial charge in [-0.05, 0) is 24.3 Å². The minimum atomic E-state index is -0.933. The van der Waals surface area contributed by atoms with E-state index in [1.807, 2.05) is 12.1 Å². The molecule has 0 aliphatic rings. The summed E-state index contributed by atoms with van der Waals surface area (Å²) < 4.78 is 0. The van der Waals surface area contributed by atoms with Crippen LogP contribution >= 0.6 is 0 Å². The second kappa shape index (κ2) is 3.06. The summed E-state index contributed by atoms with van der Waals surface area (Å²) >= 11 is 0. The van der Waals surface area contributed by atoms with Crippen LogP contribution in [0.25, 0.3) is 21.8 Å². The number of pyridine rings is 1. The van der Waals surface area contributed by atoms with E-state index in [2.05, 4.69) is 9.97 Å². The number of hydrogen-bond donors (Lipinski definition) is 2. The SMILES string of the molecule is O=C(O)c1cc2[nH]cccc2c2nccc12. The van der Waals surface area contributed by atoms with E-state index in [9.17, 15) is 4.79 Å². The topological polar surface area (TPSA) is 66.0 Å². The molecule has 0 atom stereocenters. The molecule has 0 radical (unpaired) electrons. The first-order valence-electron chi connectivity index (χ1n) is 4.85. The maximum Gasteiger partial charge on any atom is 0.336 e. The average molecular weight is 212 g/mol. The quantitative estimate of drug-likeness (QED) is 0.651. The maximum atomic E-state index is 11.1. The second-order valence-electron chi connectivity index (χ2n) is 3.57. The summed E-state index contributed by atoms with van der Waals surface area (Å²) in [5, 5.41) is 10.7. The third-order valence-electron chi connectivity index (χ3n) is 2.65. The summed E-state index contributed by atoms with van der Waals surface area (Å²) in [5.74, 6) is -0.933. The Morgan fingerprint density at radius 3 is 3.00 bits per heavy atom. The smallest absolute Gasteiger partial charge is 0.336 e. The number of rotatable bonds is 1. The van der Waals surface area contributed by atoms with Crippen molar-refractivity contribution < 1.29 is 9.90 Å². The Labute approximate surface area is 90.5 Å². The van der Waals surface area contributed by atoms with Gasteiger partial charge in [0.15, 0.2) is 0 Å². The zero-order chi connectivity index (χ0) is 11.1. The van der Waals surface area contributed by atoms with Crippen LogP contribution in [0.2, 0.25) is 0 Å². The lowest BCUT2D eigenvalue weighted by Crippen LogP contribution is -1.97. The van der Waals surface area contributed by atoms with Crippen LogP contribution in [-0.2, 0) is 0 Å². The molecule has 0 saturated carbocycles. The van der Waals surface area contributed by atoms with Crippen LogP contribution in [0.15, 0.2) is 36.7 Å². The number of carboxylic acid groups (broad SMARTS) is 1. The van der Waals surface area contributed by atoms with Gasteiger partial charge in [0, 0.05) is 28.7 Å². The van der Waals surface area contributed by atoms with Crippen LogP contribution in [0.1, 0.15) is 10.4 Å². The monoisotopic (exact) mass is 212 g/mol. The van der Waals surface area contributed by atoms with Gasteiger partial charge in [-0.25, -0.2) is 4.79 Å². The molecule has 2 N–H and O–H groups in total. The summed E-state index contributed by atoms with van der Waals surface area (Å²) in [5.41, 5.74) is 1.79. The summed E-state index contributed by atoms with van der Waals surface area (Å²) in [7, 11) is 0. The van der Waals surface area contributed by atoms with Crippen molar-refractivity contribution in [3.8, 4) is 0 Å². The minimum Gasteiger partial charge on any atom is -0.478 e. The Balaban J connectivity index is 2.58. The number of carbonyl (C=O) groups is 1.